The Kier molecular flexibility index (Phi) is 7.57. The molecule has 0 amide bonds. The van der Waals surface area contributed by atoms with E-state index < -0.39 is 0 Å². The van der Waals surface area contributed by atoms with Gasteiger partial charge in [0.25, 0.3) is 0 Å². The third-order valence-corrected chi connectivity index (χ3v) is 0.689. The van der Waals surface area contributed by atoms with Crippen molar-refractivity contribution in [1.82, 2.24) is 0 Å². The highest BCUT2D eigenvalue weighted by molar-refractivity contribution is 5.55. The fraction of sp³-hybridized carbons (Fsp3) is 0.875. The lowest BCUT2D eigenvalue weighted by Crippen LogP contribution is -2.15. The molecule has 1 unspecified atom stereocenters. The Bertz CT molecular complexity index is 99.7. The molecule has 0 aliphatic rings. The minimum Gasteiger partial charge on any atom is -0.396 e. The minimum atomic E-state index is -0.296. The maximum Gasteiger partial charge on any atom is 0.136 e. The molecule has 11 heavy (non-hydrogen) atoms. The molecule has 0 aliphatic heterocycles. The van der Waals surface area contributed by atoms with Gasteiger partial charge in [-0.1, -0.05) is 20.8 Å². The molecule has 3 heteroatoms. The summed E-state index contributed by atoms with van der Waals surface area (Å²) < 4.78 is 0. The van der Waals surface area contributed by atoms with Gasteiger partial charge in [0, 0.05) is 8.03 Å². The first-order valence-electron chi connectivity index (χ1n) is 3.65. The van der Waals surface area contributed by atoms with E-state index in [0.717, 1.165) is 0 Å². The van der Waals surface area contributed by atoms with Gasteiger partial charge in [-0.2, -0.15) is 0 Å². The standard InChI is InChI=1S/C5H12O.C3H7NO.H2/c1-5(2,3)4-6;1-3(4)2-5;/h6H,4H2,1-3H3;2-3H,4H2,1H3;1H. The van der Waals surface area contributed by atoms with Crippen LogP contribution in [-0.4, -0.2) is 24.0 Å². The molecular formula is C8H21NO2. The predicted octanol–water partition coefficient (Wildman–Crippen LogP) is 0.803. The quantitative estimate of drug-likeness (QED) is 0.562. The van der Waals surface area contributed by atoms with Crippen LogP contribution >= 0.6 is 0 Å². The number of rotatable bonds is 1. The van der Waals surface area contributed by atoms with Gasteiger partial charge in [0.2, 0.25) is 0 Å². The van der Waals surface area contributed by atoms with Crippen LogP contribution in [0.5, 0.6) is 0 Å². The normalized spacial score (nSPS) is 12.9. The molecule has 3 nitrogen and oxygen atoms in total. The molecule has 0 heterocycles. The Morgan fingerprint density at radius 1 is 1.64 bits per heavy atom. The van der Waals surface area contributed by atoms with Crippen molar-refractivity contribution in [2.75, 3.05) is 6.61 Å². The summed E-state index contributed by atoms with van der Waals surface area (Å²) in [5, 5.41) is 8.40. The average molecular weight is 163 g/mol. The lowest BCUT2D eigenvalue weighted by atomic mass is 9.99. The van der Waals surface area contributed by atoms with E-state index in [1.807, 2.05) is 20.8 Å². The summed E-state index contributed by atoms with van der Waals surface area (Å²) in [5.41, 5.74) is 5.02. The van der Waals surface area contributed by atoms with Crippen LogP contribution < -0.4 is 5.73 Å². The van der Waals surface area contributed by atoms with Crippen LogP contribution in [-0.2, 0) is 4.79 Å². The number of hydrogen-bond donors (Lipinski definition) is 2. The van der Waals surface area contributed by atoms with Crippen molar-refractivity contribution in [3.05, 3.63) is 0 Å². The smallest absolute Gasteiger partial charge is 0.136 e. The average Bonchev–Trinajstić information content (AvgIpc) is 1.88. The number of carbonyl (C=O) groups excluding carboxylic acids is 1. The summed E-state index contributed by atoms with van der Waals surface area (Å²) in [7, 11) is 0. The van der Waals surface area contributed by atoms with Crippen molar-refractivity contribution in [1.29, 1.82) is 0 Å². The van der Waals surface area contributed by atoms with E-state index in [-0.39, 0.29) is 19.5 Å². The largest absolute Gasteiger partial charge is 0.396 e. The zero-order valence-electron chi connectivity index (χ0n) is 7.79. The number of aliphatic hydroxyl groups excluding tert-OH is 1. The summed E-state index contributed by atoms with van der Waals surface area (Å²) in [5.74, 6) is 0. The van der Waals surface area contributed by atoms with Crippen LogP contribution in [0.4, 0.5) is 0 Å². The zero-order chi connectivity index (χ0) is 9.49. The van der Waals surface area contributed by atoms with Gasteiger partial charge >= 0.3 is 0 Å². The second-order valence-corrected chi connectivity index (χ2v) is 3.71. The molecule has 0 aromatic carbocycles. The Morgan fingerprint density at radius 3 is 1.82 bits per heavy atom. The molecule has 0 aromatic rings. The van der Waals surface area contributed by atoms with Crippen LogP contribution in [0.2, 0.25) is 0 Å². The Hall–Kier alpha value is -0.410. The van der Waals surface area contributed by atoms with E-state index in [1.54, 1.807) is 6.92 Å². The first-order chi connectivity index (χ1) is 4.83. The summed E-state index contributed by atoms with van der Waals surface area (Å²) in [6.45, 7) is 7.88. The van der Waals surface area contributed by atoms with Crippen LogP contribution in [0.25, 0.3) is 0 Å². The van der Waals surface area contributed by atoms with Crippen LogP contribution in [0.15, 0.2) is 0 Å². The summed E-state index contributed by atoms with van der Waals surface area (Å²) in [6.07, 6.45) is 0.694. The van der Waals surface area contributed by atoms with Gasteiger partial charge in [0.15, 0.2) is 0 Å². The van der Waals surface area contributed by atoms with E-state index >= 15 is 0 Å². The van der Waals surface area contributed by atoms with Gasteiger partial charge in [0.05, 0.1) is 6.04 Å². The Morgan fingerprint density at radius 2 is 1.82 bits per heavy atom. The molecule has 3 N–H and O–H groups in total. The zero-order valence-corrected chi connectivity index (χ0v) is 7.79. The maximum absolute atomic E-state index is 9.38. The maximum atomic E-state index is 9.38. The first-order valence-corrected chi connectivity index (χ1v) is 3.65. The fourth-order valence-electron chi connectivity index (χ4n) is 0. The summed E-state index contributed by atoms with van der Waals surface area (Å²) >= 11 is 0. The third-order valence-electron chi connectivity index (χ3n) is 0.689. The molecule has 70 valence electrons. The van der Waals surface area contributed by atoms with E-state index in [2.05, 4.69) is 0 Å². The monoisotopic (exact) mass is 163 g/mol. The summed E-state index contributed by atoms with van der Waals surface area (Å²) in [6, 6.07) is -0.296. The molecule has 0 radical (unpaired) electrons. The topological polar surface area (TPSA) is 63.3 Å². The van der Waals surface area contributed by atoms with Crippen molar-refractivity contribution in [3.8, 4) is 0 Å². The molecule has 0 aliphatic carbocycles. The number of hydrogen-bond acceptors (Lipinski definition) is 3. The van der Waals surface area contributed by atoms with Crippen LogP contribution in [0, 0.1) is 5.41 Å². The number of aliphatic hydroxyl groups is 1. The molecule has 0 saturated heterocycles. The van der Waals surface area contributed by atoms with Gasteiger partial charge in [-0.3, -0.25) is 0 Å². The summed E-state index contributed by atoms with van der Waals surface area (Å²) in [4.78, 5) is 9.38. The fourth-order valence-corrected chi connectivity index (χ4v) is 0. The molecular weight excluding hydrogens is 142 g/mol. The van der Waals surface area contributed by atoms with Crippen molar-refractivity contribution < 1.29 is 11.3 Å². The molecule has 0 spiro atoms. The van der Waals surface area contributed by atoms with Gasteiger partial charge in [-0.15, -0.1) is 0 Å². The van der Waals surface area contributed by atoms with Crippen molar-refractivity contribution in [2.45, 2.75) is 33.7 Å². The van der Waals surface area contributed by atoms with Gasteiger partial charge in [0.1, 0.15) is 6.29 Å². The molecule has 0 rings (SSSR count). The van der Waals surface area contributed by atoms with E-state index in [4.69, 9.17) is 10.8 Å². The molecule has 0 fully saturated rings. The lowest BCUT2D eigenvalue weighted by molar-refractivity contribution is -0.108. The van der Waals surface area contributed by atoms with E-state index in [9.17, 15) is 4.79 Å². The first kappa shape index (κ1) is 13.2. The van der Waals surface area contributed by atoms with Gasteiger partial charge in [-0.25, -0.2) is 0 Å². The lowest BCUT2D eigenvalue weighted by Gasteiger charge is -2.11. The van der Waals surface area contributed by atoms with Crippen LogP contribution in [0.3, 0.4) is 0 Å². The van der Waals surface area contributed by atoms with E-state index in [1.165, 1.54) is 0 Å². The second kappa shape index (κ2) is 6.31. The van der Waals surface area contributed by atoms with Crippen LogP contribution in [0.1, 0.15) is 29.1 Å². The van der Waals surface area contributed by atoms with Gasteiger partial charge in [-0.05, 0) is 12.3 Å². The highest BCUT2D eigenvalue weighted by Crippen LogP contribution is 2.09. The predicted molar refractivity (Wildman–Crippen MR) is 48.4 cm³/mol. The Balaban J connectivity index is -0.000000126. The third kappa shape index (κ3) is 26.2. The number of nitrogens with two attached hydrogens (primary N) is 1. The van der Waals surface area contributed by atoms with Crippen molar-refractivity contribution in [3.63, 3.8) is 0 Å². The number of aldehydes is 1. The highest BCUT2D eigenvalue weighted by atomic mass is 16.3. The molecule has 0 saturated carbocycles. The SMILES string of the molecule is CC(C)(C)CO.CC(N)C=O.[HH]. The van der Waals surface area contributed by atoms with Crippen molar-refractivity contribution >= 4 is 6.29 Å². The molecule has 0 aromatic heterocycles. The van der Waals surface area contributed by atoms with Crippen molar-refractivity contribution in [2.24, 2.45) is 11.1 Å². The second-order valence-electron chi connectivity index (χ2n) is 3.71. The minimum absolute atomic E-state index is 0. The van der Waals surface area contributed by atoms with Gasteiger partial charge < -0.3 is 15.6 Å². The molecule has 0 bridgehead atoms. The molecule has 1 atom stereocenters. The number of carbonyl (C=O) groups is 1. The highest BCUT2D eigenvalue weighted by Gasteiger charge is 2.05. The Labute approximate surface area is 70.1 Å². The van der Waals surface area contributed by atoms with E-state index in [0.29, 0.717) is 6.29 Å².